The molecule has 0 aliphatic carbocycles. The summed E-state index contributed by atoms with van der Waals surface area (Å²) in [5.74, 6) is 2.88. The second kappa shape index (κ2) is 7.98. The van der Waals surface area contributed by atoms with E-state index in [4.69, 9.17) is 0 Å². The Hall–Kier alpha value is -3.58. The van der Waals surface area contributed by atoms with Crippen molar-refractivity contribution in [1.29, 1.82) is 0 Å². The van der Waals surface area contributed by atoms with Gasteiger partial charge in [0.2, 0.25) is 0 Å². The van der Waals surface area contributed by atoms with E-state index in [1.54, 1.807) is 12.4 Å². The standard InChI is InChI=1S/C24H21N3O/c1-2-12-27-13-10-21-14-20(8-9-23(21)27)19-6-3-7-22(15-19)24(28)26-17-18-5-4-11-25-16-18/h3-9,11,14-16H,10,13,17H2,1H3,(H,26,28). The number of amides is 1. The number of hydrogen-bond acceptors (Lipinski definition) is 3. The summed E-state index contributed by atoms with van der Waals surface area (Å²) in [6.07, 6.45) is 4.47. The summed E-state index contributed by atoms with van der Waals surface area (Å²) >= 11 is 0. The number of carbonyl (C=O) groups excluding carboxylic acids is 1. The molecule has 1 aromatic heterocycles. The van der Waals surface area contributed by atoms with Crippen molar-refractivity contribution in [3.63, 3.8) is 0 Å². The third kappa shape index (κ3) is 3.74. The van der Waals surface area contributed by atoms with Gasteiger partial charge in [0.05, 0.1) is 5.69 Å². The highest BCUT2D eigenvalue weighted by molar-refractivity contribution is 5.95. The van der Waals surface area contributed by atoms with E-state index in [-0.39, 0.29) is 5.91 Å². The van der Waals surface area contributed by atoms with Crippen LogP contribution in [-0.4, -0.2) is 17.4 Å². The first kappa shape index (κ1) is 17.8. The maximum absolute atomic E-state index is 12.6. The number of aromatic nitrogens is 1. The second-order valence-electron chi connectivity index (χ2n) is 6.73. The van der Waals surface area contributed by atoms with Gasteiger partial charge >= 0.3 is 0 Å². The lowest BCUT2D eigenvalue weighted by Crippen LogP contribution is -2.22. The topological polar surface area (TPSA) is 45.2 Å². The molecule has 1 N–H and O–H groups in total. The summed E-state index contributed by atoms with van der Waals surface area (Å²) in [6, 6.07) is 21.1. The van der Waals surface area contributed by atoms with Crippen LogP contribution >= 0.6 is 0 Å². The van der Waals surface area contributed by atoms with Crippen molar-refractivity contribution < 1.29 is 4.79 Å². The lowest BCUT2D eigenvalue weighted by atomic mass is 9.99. The molecular weight excluding hydrogens is 346 g/mol. The smallest absolute Gasteiger partial charge is 0.251 e. The van der Waals surface area contributed by atoms with Gasteiger partial charge in [0.15, 0.2) is 0 Å². The molecule has 1 aliphatic rings. The first-order chi connectivity index (χ1) is 13.7. The lowest BCUT2D eigenvalue weighted by molar-refractivity contribution is 0.0951. The third-order valence-corrected chi connectivity index (χ3v) is 4.86. The van der Waals surface area contributed by atoms with Gasteiger partial charge in [0.1, 0.15) is 0 Å². The zero-order valence-corrected chi connectivity index (χ0v) is 15.8. The summed E-state index contributed by atoms with van der Waals surface area (Å²) in [7, 11) is 0. The number of nitrogens with zero attached hydrogens (tertiary/aromatic N) is 2. The fourth-order valence-electron chi connectivity index (χ4n) is 3.46. The molecule has 1 amide bonds. The van der Waals surface area contributed by atoms with Crippen molar-refractivity contribution >= 4 is 11.6 Å². The first-order valence-corrected chi connectivity index (χ1v) is 9.35. The minimum Gasteiger partial charge on any atom is -0.348 e. The van der Waals surface area contributed by atoms with Crippen molar-refractivity contribution in [1.82, 2.24) is 10.3 Å². The molecule has 0 bridgehead atoms. The van der Waals surface area contributed by atoms with Gasteiger partial charge in [0, 0.05) is 37.1 Å². The van der Waals surface area contributed by atoms with Crippen LogP contribution in [0.25, 0.3) is 11.1 Å². The molecule has 0 saturated carbocycles. The summed E-state index contributed by atoms with van der Waals surface area (Å²) < 4.78 is 0. The molecule has 0 unspecified atom stereocenters. The fraction of sp³-hybridized carbons (Fsp3) is 0.167. The predicted octanol–water partition coefficient (Wildman–Crippen LogP) is 4.02. The van der Waals surface area contributed by atoms with E-state index in [2.05, 4.69) is 45.4 Å². The number of pyridine rings is 1. The van der Waals surface area contributed by atoms with Gasteiger partial charge < -0.3 is 10.2 Å². The average molecular weight is 367 g/mol. The molecular formula is C24H21N3O. The van der Waals surface area contributed by atoms with E-state index < -0.39 is 0 Å². The van der Waals surface area contributed by atoms with Gasteiger partial charge in [-0.1, -0.05) is 30.2 Å². The average Bonchev–Trinajstić information content (AvgIpc) is 3.15. The molecule has 4 heteroatoms. The van der Waals surface area contributed by atoms with Crippen molar-refractivity contribution in [2.75, 3.05) is 11.4 Å². The number of hydrogen-bond donors (Lipinski definition) is 1. The van der Waals surface area contributed by atoms with E-state index in [1.807, 2.05) is 43.3 Å². The number of fused-ring (bicyclic) bond motifs is 1. The normalized spacial score (nSPS) is 12.1. The van der Waals surface area contributed by atoms with E-state index in [1.165, 1.54) is 11.3 Å². The molecule has 4 rings (SSSR count). The molecule has 3 aromatic rings. The Morgan fingerprint density at radius 2 is 2.04 bits per heavy atom. The number of benzene rings is 2. The molecule has 0 fully saturated rings. The van der Waals surface area contributed by atoms with Crippen molar-refractivity contribution in [3.8, 4) is 23.1 Å². The van der Waals surface area contributed by atoms with Gasteiger partial charge in [-0.2, -0.15) is 0 Å². The molecule has 0 saturated heterocycles. The number of nitrogens with one attached hydrogen (secondary N) is 1. The van der Waals surface area contributed by atoms with Crippen LogP contribution in [0.2, 0.25) is 0 Å². The zero-order valence-electron chi connectivity index (χ0n) is 15.8. The van der Waals surface area contributed by atoms with Crippen LogP contribution in [0, 0.1) is 12.0 Å². The molecule has 2 aromatic carbocycles. The molecule has 0 atom stereocenters. The van der Waals surface area contributed by atoms with E-state index in [9.17, 15) is 4.79 Å². The highest BCUT2D eigenvalue weighted by Crippen LogP contribution is 2.32. The third-order valence-electron chi connectivity index (χ3n) is 4.86. The molecule has 4 nitrogen and oxygen atoms in total. The van der Waals surface area contributed by atoms with Gasteiger partial charge in [-0.15, -0.1) is 0 Å². The van der Waals surface area contributed by atoms with Crippen LogP contribution in [0.4, 0.5) is 5.69 Å². The highest BCUT2D eigenvalue weighted by Gasteiger charge is 2.18. The van der Waals surface area contributed by atoms with Gasteiger partial charge in [-0.25, -0.2) is 0 Å². The predicted molar refractivity (Wildman–Crippen MR) is 112 cm³/mol. The zero-order chi connectivity index (χ0) is 19.3. The molecule has 138 valence electrons. The highest BCUT2D eigenvalue weighted by atomic mass is 16.1. The largest absolute Gasteiger partial charge is 0.348 e. The lowest BCUT2D eigenvalue weighted by Gasteiger charge is -2.12. The molecule has 1 aliphatic heterocycles. The maximum atomic E-state index is 12.6. The fourth-order valence-corrected chi connectivity index (χ4v) is 3.46. The quantitative estimate of drug-likeness (QED) is 0.709. The van der Waals surface area contributed by atoms with Crippen LogP contribution in [0.15, 0.2) is 67.0 Å². The summed E-state index contributed by atoms with van der Waals surface area (Å²) in [5.41, 5.74) is 6.27. The number of carbonyl (C=O) groups is 1. The van der Waals surface area contributed by atoms with Crippen LogP contribution in [0.1, 0.15) is 28.4 Å². The van der Waals surface area contributed by atoms with E-state index in [0.29, 0.717) is 12.1 Å². The van der Waals surface area contributed by atoms with E-state index in [0.717, 1.165) is 29.7 Å². The van der Waals surface area contributed by atoms with Crippen LogP contribution in [0.5, 0.6) is 0 Å². The van der Waals surface area contributed by atoms with Crippen LogP contribution < -0.4 is 10.2 Å². The minimum absolute atomic E-state index is 0.0868. The minimum atomic E-state index is -0.0868. The Balaban J connectivity index is 1.52. The Kier molecular flexibility index (Phi) is 5.07. The Labute approximate surface area is 165 Å². The summed E-state index contributed by atoms with van der Waals surface area (Å²) in [5, 5.41) is 2.95. The maximum Gasteiger partial charge on any atom is 0.251 e. The van der Waals surface area contributed by atoms with Gasteiger partial charge in [-0.3, -0.25) is 9.78 Å². The number of rotatable bonds is 4. The molecule has 0 radical (unpaired) electrons. The first-order valence-electron chi connectivity index (χ1n) is 9.35. The monoisotopic (exact) mass is 367 g/mol. The molecule has 2 heterocycles. The summed E-state index contributed by atoms with van der Waals surface area (Å²) in [6.45, 7) is 3.25. The van der Waals surface area contributed by atoms with Gasteiger partial charge in [-0.05, 0) is 65.9 Å². The molecule has 0 spiro atoms. The Bertz CT molecular complexity index is 1060. The van der Waals surface area contributed by atoms with Crippen molar-refractivity contribution in [2.24, 2.45) is 0 Å². The van der Waals surface area contributed by atoms with Crippen molar-refractivity contribution in [2.45, 2.75) is 19.9 Å². The van der Waals surface area contributed by atoms with Crippen LogP contribution in [-0.2, 0) is 13.0 Å². The number of anilines is 1. The van der Waals surface area contributed by atoms with Crippen molar-refractivity contribution in [3.05, 3.63) is 83.7 Å². The Morgan fingerprint density at radius 1 is 1.14 bits per heavy atom. The summed E-state index contributed by atoms with van der Waals surface area (Å²) in [4.78, 5) is 18.7. The second-order valence-corrected chi connectivity index (χ2v) is 6.73. The van der Waals surface area contributed by atoms with Gasteiger partial charge in [0.25, 0.3) is 5.91 Å². The SMILES string of the molecule is CC#CN1CCc2cc(-c3cccc(C(=O)NCc4cccnc4)c3)ccc21. The molecule has 28 heavy (non-hydrogen) atoms. The van der Waals surface area contributed by atoms with Crippen LogP contribution in [0.3, 0.4) is 0 Å². The van der Waals surface area contributed by atoms with E-state index >= 15 is 0 Å². The Morgan fingerprint density at radius 3 is 2.86 bits per heavy atom.